The van der Waals surface area contributed by atoms with Crippen molar-refractivity contribution in [1.29, 1.82) is 0 Å². The number of allylic oxidation sites excluding steroid dienone is 1. The van der Waals surface area contributed by atoms with Crippen molar-refractivity contribution in [1.82, 2.24) is 0 Å². The SMILES string of the molecule is CCCCCCC/C=C\CCOCC=C=CCCCl. The van der Waals surface area contributed by atoms with Crippen molar-refractivity contribution in [3.8, 4) is 0 Å². The second-order valence-corrected chi connectivity index (χ2v) is 4.97. The van der Waals surface area contributed by atoms with Gasteiger partial charge in [0.15, 0.2) is 0 Å². The quantitative estimate of drug-likeness (QED) is 0.184. The highest BCUT2D eigenvalue weighted by Crippen LogP contribution is 2.05. The van der Waals surface area contributed by atoms with Crippen LogP contribution in [0.4, 0.5) is 0 Å². The molecule has 0 aromatic rings. The monoisotopic (exact) mass is 284 g/mol. The summed E-state index contributed by atoms with van der Waals surface area (Å²) in [7, 11) is 0. The first-order valence-electron chi connectivity index (χ1n) is 7.60. The van der Waals surface area contributed by atoms with Gasteiger partial charge in [0.2, 0.25) is 0 Å². The standard InChI is InChI=1S/C17H29ClO/c1-2-3-4-5-6-7-8-10-13-16-19-17-14-11-9-12-15-18/h8-10,14H,2-7,12-13,15-17H2,1H3/b10-8-. The Kier molecular flexibility index (Phi) is 17.1. The van der Waals surface area contributed by atoms with E-state index in [2.05, 4.69) is 24.8 Å². The molecule has 0 saturated carbocycles. The molecule has 110 valence electrons. The van der Waals surface area contributed by atoms with Gasteiger partial charge in [0.25, 0.3) is 0 Å². The van der Waals surface area contributed by atoms with Crippen molar-refractivity contribution in [3.63, 3.8) is 0 Å². The molecule has 0 aliphatic heterocycles. The smallest absolute Gasteiger partial charge is 0.0721 e. The van der Waals surface area contributed by atoms with Crippen LogP contribution in [0.3, 0.4) is 0 Å². The number of ether oxygens (including phenoxy) is 1. The van der Waals surface area contributed by atoms with Crippen LogP contribution in [0.1, 0.15) is 58.3 Å². The van der Waals surface area contributed by atoms with E-state index in [4.69, 9.17) is 16.3 Å². The molecule has 0 spiro atoms. The van der Waals surface area contributed by atoms with Crippen LogP contribution in [0.5, 0.6) is 0 Å². The molecule has 0 radical (unpaired) electrons. The predicted molar refractivity (Wildman–Crippen MR) is 85.9 cm³/mol. The number of hydrogen-bond acceptors (Lipinski definition) is 1. The van der Waals surface area contributed by atoms with Gasteiger partial charge in [0, 0.05) is 5.88 Å². The number of alkyl halides is 1. The van der Waals surface area contributed by atoms with Crippen LogP contribution in [0, 0.1) is 0 Å². The highest BCUT2D eigenvalue weighted by molar-refractivity contribution is 6.17. The molecule has 0 aliphatic rings. The van der Waals surface area contributed by atoms with Crippen LogP contribution in [0.25, 0.3) is 0 Å². The summed E-state index contributed by atoms with van der Waals surface area (Å²) in [6, 6.07) is 0. The highest BCUT2D eigenvalue weighted by Gasteiger charge is 1.86. The highest BCUT2D eigenvalue weighted by atomic mass is 35.5. The summed E-state index contributed by atoms with van der Waals surface area (Å²) in [6.07, 6.45) is 18.2. The van der Waals surface area contributed by atoms with Gasteiger partial charge in [-0.2, -0.15) is 0 Å². The van der Waals surface area contributed by atoms with Crippen molar-refractivity contribution < 1.29 is 4.74 Å². The summed E-state index contributed by atoms with van der Waals surface area (Å²) in [4.78, 5) is 0. The third kappa shape index (κ3) is 17.5. The van der Waals surface area contributed by atoms with Gasteiger partial charge < -0.3 is 4.74 Å². The molecule has 0 aromatic heterocycles. The summed E-state index contributed by atoms with van der Waals surface area (Å²) in [6.45, 7) is 3.69. The zero-order chi connectivity index (χ0) is 14.0. The van der Waals surface area contributed by atoms with Gasteiger partial charge in [-0.15, -0.1) is 17.3 Å². The maximum Gasteiger partial charge on any atom is 0.0721 e. The number of rotatable bonds is 13. The number of unbranched alkanes of at least 4 members (excludes halogenated alkanes) is 5. The lowest BCUT2D eigenvalue weighted by molar-refractivity contribution is 0.167. The fourth-order valence-electron chi connectivity index (χ4n) is 1.66. The van der Waals surface area contributed by atoms with Gasteiger partial charge in [0.1, 0.15) is 0 Å². The van der Waals surface area contributed by atoms with Crippen molar-refractivity contribution >= 4 is 11.6 Å². The molecule has 0 amide bonds. The maximum atomic E-state index is 5.54. The van der Waals surface area contributed by atoms with Gasteiger partial charge in [-0.3, -0.25) is 0 Å². The first-order valence-corrected chi connectivity index (χ1v) is 8.13. The normalized spacial score (nSPS) is 10.6. The molecule has 0 N–H and O–H groups in total. The summed E-state index contributed by atoms with van der Waals surface area (Å²) >= 11 is 5.54. The Hall–Kier alpha value is -0.490. The van der Waals surface area contributed by atoms with E-state index < -0.39 is 0 Å². The van der Waals surface area contributed by atoms with Crippen LogP contribution < -0.4 is 0 Å². The summed E-state index contributed by atoms with van der Waals surface area (Å²) in [5.41, 5.74) is 3.04. The van der Waals surface area contributed by atoms with E-state index in [9.17, 15) is 0 Å². The van der Waals surface area contributed by atoms with E-state index in [1.165, 1.54) is 38.5 Å². The fourth-order valence-corrected chi connectivity index (χ4v) is 1.77. The zero-order valence-corrected chi connectivity index (χ0v) is 13.1. The molecule has 0 bridgehead atoms. The van der Waals surface area contributed by atoms with E-state index >= 15 is 0 Å². The first kappa shape index (κ1) is 18.5. The molecular weight excluding hydrogens is 256 g/mol. The van der Waals surface area contributed by atoms with E-state index in [0.717, 1.165) is 19.4 Å². The third-order valence-corrected chi connectivity index (χ3v) is 2.98. The lowest BCUT2D eigenvalue weighted by Gasteiger charge is -1.97. The van der Waals surface area contributed by atoms with Crippen LogP contribution in [-0.2, 0) is 4.74 Å². The lowest BCUT2D eigenvalue weighted by Crippen LogP contribution is -1.91. The molecule has 0 heterocycles. The first-order chi connectivity index (χ1) is 9.41. The summed E-state index contributed by atoms with van der Waals surface area (Å²) in [5.74, 6) is 0.658. The van der Waals surface area contributed by atoms with Crippen LogP contribution >= 0.6 is 11.6 Å². The molecule has 0 aromatic carbocycles. The molecule has 1 nitrogen and oxygen atoms in total. The van der Waals surface area contributed by atoms with Crippen molar-refractivity contribution in [2.75, 3.05) is 19.1 Å². The maximum absolute atomic E-state index is 5.54. The molecule has 0 fully saturated rings. The largest absolute Gasteiger partial charge is 0.376 e. The minimum atomic E-state index is 0.643. The van der Waals surface area contributed by atoms with Gasteiger partial charge >= 0.3 is 0 Å². The van der Waals surface area contributed by atoms with Gasteiger partial charge in [-0.1, -0.05) is 44.8 Å². The molecule has 0 atom stereocenters. The molecule has 0 unspecified atom stereocenters. The van der Waals surface area contributed by atoms with Gasteiger partial charge in [0.05, 0.1) is 13.2 Å². The second kappa shape index (κ2) is 17.5. The predicted octanol–water partition coefficient (Wildman–Crippen LogP) is 5.65. The van der Waals surface area contributed by atoms with Crippen molar-refractivity contribution in [2.24, 2.45) is 0 Å². The molecule has 19 heavy (non-hydrogen) atoms. The third-order valence-electron chi connectivity index (χ3n) is 2.76. The fraction of sp³-hybridized carbons (Fsp3) is 0.706. The lowest BCUT2D eigenvalue weighted by atomic mass is 10.1. The average molecular weight is 285 g/mol. The van der Waals surface area contributed by atoms with E-state index in [0.29, 0.717) is 12.5 Å². The van der Waals surface area contributed by atoms with E-state index in [-0.39, 0.29) is 0 Å². The Balaban J connectivity index is 3.19. The average Bonchev–Trinajstić information content (AvgIpc) is 2.43. The summed E-state index contributed by atoms with van der Waals surface area (Å²) < 4.78 is 5.45. The molecule has 0 rings (SSSR count). The Morgan fingerprint density at radius 1 is 0.947 bits per heavy atom. The minimum absolute atomic E-state index is 0.643. The Morgan fingerprint density at radius 2 is 1.74 bits per heavy atom. The van der Waals surface area contributed by atoms with E-state index in [1.807, 2.05) is 12.2 Å². The zero-order valence-electron chi connectivity index (χ0n) is 12.4. The Bertz CT molecular complexity index is 252. The van der Waals surface area contributed by atoms with Crippen molar-refractivity contribution in [3.05, 3.63) is 30.0 Å². The van der Waals surface area contributed by atoms with E-state index in [1.54, 1.807) is 0 Å². The van der Waals surface area contributed by atoms with Crippen LogP contribution in [-0.4, -0.2) is 19.1 Å². The second-order valence-electron chi connectivity index (χ2n) is 4.59. The molecule has 0 aliphatic carbocycles. The molecule has 0 saturated heterocycles. The Morgan fingerprint density at radius 3 is 2.53 bits per heavy atom. The van der Waals surface area contributed by atoms with Crippen LogP contribution in [0.15, 0.2) is 30.0 Å². The number of halogens is 1. The van der Waals surface area contributed by atoms with Crippen LogP contribution in [0.2, 0.25) is 0 Å². The molecule has 2 heteroatoms. The minimum Gasteiger partial charge on any atom is -0.376 e. The van der Waals surface area contributed by atoms with Gasteiger partial charge in [-0.05, 0) is 37.8 Å². The number of hydrogen-bond donors (Lipinski definition) is 0. The van der Waals surface area contributed by atoms with Crippen molar-refractivity contribution in [2.45, 2.75) is 58.3 Å². The molecular formula is C17H29ClO. The topological polar surface area (TPSA) is 9.23 Å². The summed E-state index contributed by atoms with van der Waals surface area (Å²) in [5, 5.41) is 0. The Labute approximate surface area is 124 Å². The van der Waals surface area contributed by atoms with Gasteiger partial charge in [-0.25, -0.2) is 0 Å².